The van der Waals surface area contributed by atoms with Crippen molar-refractivity contribution in [3.05, 3.63) is 83.9 Å². The van der Waals surface area contributed by atoms with E-state index in [1.165, 1.54) is 5.56 Å². The minimum Gasteiger partial charge on any atom is -0.368 e. The lowest BCUT2D eigenvalue weighted by Crippen LogP contribution is -2.57. The van der Waals surface area contributed by atoms with Crippen LogP contribution in [0.1, 0.15) is 69.4 Å². The Morgan fingerprint density at radius 3 is 2.40 bits per heavy atom. The zero-order valence-electron chi connectivity index (χ0n) is 25.1. The average molecular weight is 571 g/mol. The molecule has 0 saturated carbocycles. The van der Waals surface area contributed by atoms with Crippen molar-refractivity contribution in [3.63, 3.8) is 0 Å². The number of carbonyl (C=O) groups excluding carboxylic acids is 3. The fraction of sp³-hybridized carbons (Fsp3) is 0.457. The highest BCUT2D eigenvalue weighted by Crippen LogP contribution is 2.34. The molecule has 1 aliphatic heterocycles. The fourth-order valence-corrected chi connectivity index (χ4v) is 6.46. The number of hydrogen-bond acceptors (Lipinski definition) is 4. The van der Waals surface area contributed by atoms with Gasteiger partial charge in [0.2, 0.25) is 18.2 Å². The Kier molecular flexibility index (Phi) is 11.5. The van der Waals surface area contributed by atoms with Gasteiger partial charge in [-0.3, -0.25) is 14.4 Å². The third-order valence-electron chi connectivity index (χ3n) is 8.80. The van der Waals surface area contributed by atoms with Gasteiger partial charge in [-0.15, -0.1) is 0 Å². The molecule has 0 radical (unpaired) electrons. The van der Waals surface area contributed by atoms with Crippen LogP contribution in [0.2, 0.25) is 0 Å². The van der Waals surface area contributed by atoms with Crippen LogP contribution < -0.4 is 11.1 Å². The maximum atomic E-state index is 13.5. The summed E-state index contributed by atoms with van der Waals surface area (Å²) < 4.78 is 0. The number of nitrogens with one attached hydrogen (secondary N) is 1. The molecule has 7 heteroatoms. The van der Waals surface area contributed by atoms with E-state index in [1.54, 1.807) is 4.90 Å². The van der Waals surface area contributed by atoms with Crippen LogP contribution in [0.3, 0.4) is 0 Å². The third kappa shape index (κ3) is 7.57. The molecule has 42 heavy (non-hydrogen) atoms. The van der Waals surface area contributed by atoms with Gasteiger partial charge >= 0.3 is 0 Å². The van der Waals surface area contributed by atoms with Crippen LogP contribution in [0, 0.1) is 5.92 Å². The number of rotatable bonds is 16. The monoisotopic (exact) mass is 570 g/mol. The maximum absolute atomic E-state index is 13.5. The summed E-state index contributed by atoms with van der Waals surface area (Å²) in [6.07, 6.45) is 5.61. The first-order valence-electron chi connectivity index (χ1n) is 15.5. The molecule has 3 aromatic rings. The second-order valence-electron chi connectivity index (χ2n) is 11.4. The standard InChI is InChI=1S/C35H46N4O3/c1-3-27(4-2)35(42)38-23-11-17-32(38)39(25-40)33(34(36)41)31(30-19-18-28-14-8-9-15-29(28)24-30)16-10-21-37-22-20-26-12-6-5-7-13-26/h5-9,12-15,18-19,24-25,27,31-33,37H,3-4,10-11,16-17,20-23H2,1-2H3,(H2,36,41). The molecule has 1 aliphatic rings. The Morgan fingerprint density at radius 2 is 1.71 bits per heavy atom. The van der Waals surface area contributed by atoms with Gasteiger partial charge in [0.1, 0.15) is 12.2 Å². The first-order valence-corrected chi connectivity index (χ1v) is 15.5. The van der Waals surface area contributed by atoms with Gasteiger partial charge in [-0.05, 0) is 79.9 Å². The lowest BCUT2D eigenvalue weighted by molar-refractivity contribution is -0.147. The Bertz CT molecular complexity index is 1310. The van der Waals surface area contributed by atoms with Gasteiger partial charge in [0.05, 0.1) is 0 Å². The van der Waals surface area contributed by atoms with E-state index in [2.05, 4.69) is 59.9 Å². The van der Waals surface area contributed by atoms with Crippen molar-refractivity contribution in [2.75, 3.05) is 19.6 Å². The van der Waals surface area contributed by atoms with Crippen LogP contribution in [0.25, 0.3) is 10.8 Å². The molecule has 0 aromatic heterocycles. The highest BCUT2D eigenvalue weighted by molar-refractivity contribution is 5.86. The number of hydrogen-bond donors (Lipinski definition) is 2. The van der Waals surface area contributed by atoms with Crippen molar-refractivity contribution in [1.82, 2.24) is 15.1 Å². The number of nitrogens with zero attached hydrogens (tertiary/aromatic N) is 2. The van der Waals surface area contributed by atoms with E-state index < -0.39 is 18.1 Å². The minimum atomic E-state index is -0.868. The van der Waals surface area contributed by atoms with E-state index in [1.807, 2.05) is 36.9 Å². The molecule has 1 saturated heterocycles. The zero-order chi connectivity index (χ0) is 29.9. The van der Waals surface area contributed by atoms with Gasteiger partial charge < -0.3 is 20.9 Å². The van der Waals surface area contributed by atoms with Gasteiger partial charge in [-0.25, -0.2) is 0 Å². The number of benzene rings is 3. The number of likely N-dealkylation sites (tertiary alicyclic amines) is 1. The van der Waals surface area contributed by atoms with Gasteiger partial charge in [0, 0.05) is 18.4 Å². The normalized spacial score (nSPS) is 16.5. The van der Waals surface area contributed by atoms with E-state index in [-0.39, 0.29) is 17.7 Å². The summed E-state index contributed by atoms with van der Waals surface area (Å²) in [6.45, 7) is 6.27. The summed E-state index contributed by atoms with van der Waals surface area (Å²) in [5.74, 6) is -0.884. The van der Waals surface area contributed by atoms with E-state index in [0.29, 0.717) is 19.4 Å². The number of primary amides is 1. The molecule has 3 atom stereocenters. The minimum absolute atomic E-state index is 0.0578. The molecule has 0 spiro atoms. The lowest BCUT2D eigenvalue weighted by Gasteiger charge is -2.41. The van der Waals surface area contributed by atoms with E-state index in [9.17, 15) is 14.4 Å². The number of fused-ring (bicyclic) bond motifs is 1. The highest BCUT2D eigenvalue weighted by atomic mass is 16.2. The number of carbonyl (C=O) groups is 3. The maximum Gasteiger partial charge on any atom is 0.240 e. The molecule has 3 amide bonds. The molecule has 7 nitrogen and oxygen atoms in total. The number of amides is 3. The SMILES string of the molecule is CCC(CC)C(=O)N1CCCC1N(C=O)C(C(N)=O)C(CCCNCCc1ccccc1)c1ccc2ccccc2c1. The molecule has 3 unspecified atom stereocenters. The Hall–Kier alpha value is -3.71. The molecule has 1 fully saturated rings. The molecular formula is C35H46N4O3. The smallest absolute Gasteiger partial charge is 0.240 e. The van der Waals surface area contributed by atoms with Crippen molar-refractivity contribution in [1.29, 1.82) is 0 Å². The molecule has 3 N–H and O–H groups in total. The second kappa shape index (κ2) is 15.5. The largest absolute Gasteiger partial charge is 0.368 e. The predicted octanol–water partition coefficient (Wildman–Crippen LogP) is 5.23. The van der Waals surface area contributed by atoms with Crippen molar-refractivity contribution < 1.29 is 14.4 Å². The van der Waals surface area contributed by atoms with Crippen molar-refractivity contribution in [2.24, 2.45) is 11.7 Å². The van der Waals surface area contributed by atoms with Gasteiger partial charge in [0.25, 0.3) is 0 Å². The van der Waals surface area contributed by atoms with Crippen LogP contribution in [0.15, 0.2) is 72.8 Å². The van der Waals surface area contributed by atoms with Gasteiger partial charge in [0.15, 0.2) is 0 Å². The second-order valence-corrected chi connectivity index (χ2v) is 11.4. The summed E-state index contributed by atoms with van der Waals surface area (Å²) in [5, 5.41) is 5.72. The van der Waals surface area contributed by atoms with E-state index >= 15 is 0 Å². The van der Waals surface area contributed by atoms with Gasteiger partial charge in [-0.2, -0.15) is 0 Å². The third-order valence-corrected chi connectivity index (χ3v) is 8.80. The van der Waals surface area contributed by atoms with Crippen molar-refractivity contribution >= 4 is 29.0 Å². The highest BCUT2D eigenvalue weighted by Gasteiger charge is 2.42. The van der Waals surface area contributed by atoms with Crippen LogP contribution in [-0.2, 0) is 20.8 Å². The average Bonchev–Trinajstić information content (AvgIpc) is 3.50. The molecule has 0 aliphatic carbocycles. The Balaban J connectivity index is 1.57. The predicted molar refractivity (Wildman–Crippen MR) is 169 cm³/mol. The quantitative estimate of drug-likeness (QED) is 0.182. The summed E-state index contributed by atoms with van der Waals surface area (Å²) in [4.78, 5) is 42.8. The zero-order valence-corrected chi connectivity index (χ0v) is 25.1. The van der Waals surface area contributed by atoms with Gasteiger partial charge in [-0.1, -0.05) is 86.6 Å². The van der Waals surface area contributed by atoms with Crippen LogP contribution in [-0.4, -0.2) is 59.9 Å². The van der Waals surface area contributed by atoms with Crippen molar-refractivity contribution in [2.45, 2.75) is 76.9 Å². The summed E-state index contributed by atoms with van der Waals surface area (Å²) >= 11 is 0. The Morgan fingerprint density at radius 1 is 1.00 bits per heavy atom. The summed E-state index contributed by atoms with van der Waals surface area (Å²) in [6, 6.07) is 23.9. The topological polar surface area (TPSA) is 95.7 Å². The molecule has 1 heterocycles. The van der Waals surface area contributed by atoms with Crippen molar-refractivity contribution in [3.8, 4) is 0 Å². The lowest BCUT2D eigenvalue weighted by atomic mass is 9.84. The number of nitrogens with two attached hydrogens (primary N) is 1. The molecule has 3 aromatic carbocycles. The first-order chi connectivity index (χ1) is 20.5. The molecule has 224 valence electrons. The molecule has 0 bridgehead atoms. The first kappa shape index (κ1) is 31.2. The van der Waals surface area contributed by atoms with Crippen LogP contribution in [0.4, 0.5) is 0 Å². The molecule has 4 rings (SSSR count). The Labute approximate surface area is 250 Å². The fourth-order valence-electron chi connectivity index (χ4n) is 6.46. The molecular weight excluding hydrogens is 524 g/mol. The van der Waals surface area contributed by atoms with Crippen LogP contribution in [0.5, 0.6) is 0 Å². The summed E-state index contributed by atoms with van der Waals surface area (Å²) in [5.41, 5.74) is 8.39. The van der Waals surface area contributed by atoms with E-state index in [4.69, 9.17) is 5.73 Å². The summed E-state index contributed by atoms with van der Waals surface area (Å²) in [7, 11) is 0. The van der Waals surface area contributed by atoms with E-state index in [0.717, 1.165) is 67.9 Å². The van der Waals surface area contributed by atoms with Crippen LogP contribution >= 0.6 is 0 Å².